The minimum atomic E-state index is -3.01. The molecule has 7 nitrogen and oxygen atoms in total. The minimum absolute atomic E-state index is 0.0733. The van der Waals surface area contributed by atoms with Crippen molar-refractivity contribution >= 4 is 34.0 Å². The number of hydrogen-bond donors (Lipinski definition) is 1. The highest BCUT2D eigenvalue weighted by Crippen LogP contribution is 2.28. The lowest BCUT2D eigenvalue weighted by Gasteiger charge is -2.22. The van der Waals surface area contributed by atoms with Gasteiger partial charge in [0.2, 0.25) is 0 Å². The molecule has 1 aromatic carbocycles. The summed E-state index contributed by atoms with van der Waals surface area (Å²) in [7, 11) is 0. The molecule has 2 aromatic rings. The van der Waals surface area contributed by atoms with Crippen LogP contribution in [0.2, 0.25) is 0 Å². The summed E-state index contributed by atoms with van der Waals surface area (Å²) in [5.74, 6) is -1.33. The third-order valence-electron chi connectivity index (χ3n) is 3.91. The van der Waals surface area contributed by atoms with Crippen molar-refractivity contribution in [2.45, 2.75) is 25.5 Å². The van der Waals surface area contributed by atoms with Gasteiger partial charge in [-0.05, 0) is 25.0 Å². The van der Waals surface area contributed by atoms with Crippen LogP contribution in [0.5, 0.6) is 5.75 Å². The van der Waals surface area contributed by atoms with Gasteiger partial charge in [-0.3, -0.25) is 4.79 Å². The van der Waals surface area contributed by atoms with Crippen molar-refractivity contribution < 1.29 is 27.8 Å². The van der Waals surface area contributed by atoms with E-state index in [4.69, 9.17) is 4.74 Å². The molecule has 1 fully saturated rings. The van der Waals surface area contributed by atoms with Crippen molar-refractivity contribution in [3.8, 4) is 5.75 Å². The topological polar surface area (TPSA) is 80.8 Å². The number of rotatable bonds is 7. The van der Waals surface area contributed by atoms with E-state index in [2.05, 4.69) is 15.0 Å². The first kappa shape index (κ1) is 19.0. The highest BCUT2D eigenvalue weighted by molar-refractivity contribution is 7.13. The molecule has 1 N–H and O–H groups in total. The van der Waals surface area contributed by atoms with E-state index in [0.717, 1.165) is 11.6 Å². The van der Waals surface area contributed by atoms with E-state index in [1.807, 2.05) is 10.3 Å². The van der Waals surface area contributed by atoms with Crippen molar-refractivity contribution in [2.24, 2.45) is 0 Å². The average molecular weight is 397 g/mol. The molecule has 1 aliphatic rings. The number of alkyl halides is 2. The number of ether oxygens (including phenoxy) is 2. The van der Waals surface area contributed by atoms with Gasteiger partial charge in [-0.2, -0.15) is 8.78 Å². The summed E-state index contributed by atoms with van der Waals surface area (Å²) >= 11 is 1.43. The largest absolute Gasteiger partial charge is 0.454 e. The van der Waals surface area contributed by atoms with Gasteiger partial charge in [-0.15, -0.1) is 11.3 Å². The Hall–Kier alpha value is -2.75. The van der Waals surface area contributed by atoms with E-state index in [1.165, 1.54) is 29.5 Å². The number of hydrogen-bond acceptors (Lipinski definition) is 7. The van der Waals surface area contributed by atoms with Crippen LogP contribution in [0.25, 0.3) is 0 Å². The van der Waals surface area contributed by atoms with Crippen LogP contribution in [-0.4, -0.2) is 42.7 Å². The summed E-state index contributed by atoms with van der Waals surface area (Å²) in [6.45, 7) is -2.85. The Balaban J connectivity index is 1.54. The summed E-state index contributed by atoms with van der Waals surface area (Å²) in [6, 6.07) is 5.29. The zero-order valence-corrected chi connectivity index (χ0v) is 15.0. The fourth-order valence-electron chi connectivity index (χ4n) is 2.79. The molecule has 0 aliphatic carbocycles. The number of para-hydroxylation sites is 2. The predicted octanol–water partition coefficient (Wildman–Crippen LogP) is 2.90. The number of anilines is 2. The maximum Gasteiger partial charge on any atom is 0.387 e. The molecule has 3 rings (SSSR count). The Morgan fingerprint density at radius 3 is 2.93 bits per heavy atom. The Kier molecular flexibility index (Phi) is 6.17. The lowest BCUT2D eigenvalue weighted by Crippen LogP contribution is -2.38. The molecular formula is C17H17F2N3O4S. The molecule has 1 aromatic heterocycles. The summed E-state index contributed by atoms with van der Waals surface area (Å²) < 4.78 is 34.3. The Labute approximate surface area is 157 Å². The van der Waals surface area contributed by atoms with Gasteiger partial charge < -0.3 is 19.7 Å². The van der Waals surface area contributed by atoms with Gasteiger partial charge in [-0.1, -0.05) is 12.1 Å². The van der Waals surface area contributed by atoms with E-state index in [9.17, 15) is 18.4 Å². The quantitative estimate of drug-likeness (QED) is 0.724. The Bertz CT molecular complexity index is 788. The number of halogens is 2. The average Bonchev–Trinajstić information content (AvgIpc) is 3.32. The first-order valence-corrected chi connectivity index (χ1v) is 9.09. The number of amides is 1. The molecule has 144 valence electrons. The lowest BCUT2D eigenvalue weighted by molar-refractivity contribution is -0.148. The number of carbonyl (C=O) groups is 2. The third kappa shape index (κ3) is 4.91. The fraction of sp³-hybridized carbons (Fsp3) is 0.353. The normalized spacial score (nSPS) is 16.4. The van der Waals surface area contributed by atoms with Gasteiger partial charge >= 0.3 is 12.6 Å². The molecule has 1 aliphatic heterocycles. The second-order valence-corrected chi connectivity index (χ2v) is 6.57. The number of benzene rings is 1. The maximum absolute atomic E-state index is 12.4. The van der Waals surface area contributed by atoms with Crippen LogP contribution in [0.1, 0.15) is 12.8 Å². The smallest absolute Gasteiger partial charge is 0.387 e. The predicted molar refractivity (Wildman–Crippen MR) is 95.1 cm³/mol. The lowest BCUT2D eigenvalue weighted by atomic mass is 10.2. The number of nitrogens with zero attached hydrogens (tertiary/aromatic N) is 2. The Morgan fingerprint density at radius 2 is 2.19 bits per heavy atom. The van der Waals surface area contributed by atoms with Crippen molar-refractivity contribution in [2.75, 3.05) is 23.4 Å². The van der Waals surface area contributed by atoms with E-state index in [0.29, 0.717) is 13.0 Å². The van der Waals surface area contributed by atoms with Gasteiger partial charge in [0.1, 0.15) is 11.8 Å². The highest BCUT2D eigenvalue weighted by atomic mass is 32.1. The fourth-order valence-corrected chi connectivity index (χ4v) is 3.51. The van der Waals surface area contributed by atoms with Gasteiger partial charge in [-0.25, -0.2) is 9.78 Å². The molecule has 0 radical (unpaired) electrons. The van der Waals surface area contributed by atoms with Crippen LogP contribution >= 0.6 is 11.3 Å². The van der Waals surface area contributed by atoms with Crippen LogP contribution < -0.4 is 15.0 Å². The summed E-state index contributed by atoms with van der Waals surface area (Å²) in [5.41, 5.74) is 0.0733. The molecule has 0 saturated carbocycles. The van der Waals surface area contributed by atoms with Crippen molar-refractivity contribution in [3.63, 3.8) is 0 Å². The van der Waals surface area contributed by atoms with Crippen LogP contribution in [0.4, 0.5) is 19.6 Å². The van der Waals surface area contributed by atoms with Crippen LogP contribution in [0, 0.1) is 0 Å². The second kappa shape index (κ2) is 8.76. The molecule has 1 amide bonds. The molecule has 0 spiro atoms. The van der Waals surface area contributed by atoms with Gasteiger partial charge in [0, 0.05) is 18.1 Å². The number of carbonyl (C=O) groups excluding carboxylic acids is 2. The molecule has 1 atom stereocenters. The van der Waals surface area contributed by atoms with E-state index >= 15 is 0 Å². The number of aromatic nitrogens is 1. The third-order valence-corrected chi connectivity index (χ3v) is 4.72. The van der Waals surface area contributed by atoms with Gasteiger partial charge in [0.25, 0.3) is 5.91 Å². The zero-order valence-electron chi connectivity index (χ0n) is 14.1. The first-order chi connectivity index (χ1) is 13.0. The van der Waals surface area contributed by atoms with Crippen molar-refractivity contribution in [3.05, 3.63) is 35.8 Å². The van der Waals surface area contributed by atoms with Crippen LogP contribution in [0.3, 0.4) is 0 Å². The molecule has 10 heteroatoms. The zero-order chi connectivity index (χ0) is 19.2. The molecule has 0 unspecified atom stereocenters. The number of esters is 1. The molecule has 27 heavy (non-hydrogen) atoms. The van der Waals surface area contributed by atoms with Crippen molar-refractivity contribution in [1.82, 2.24) is 4.98 Å². The van der Waals surface area contributed by atoms with E-state index in [-0.39, 0.29) is 11.4 Å². The van der Waals surface area contributed by atoms with Crippen LogP contribution in [0.15, 0.2) is 35.8 Å². The SMILES string of the molecule is O=C(COC(=O)[C@@H]1CCCN1c1nccs1)Nc1ccccc1OC(F)F. The van der Waals surface area contributed by atoms with Crippen LogP contribution in [-0.2, 0) is 14.3 Å². The number of thiazole rings is 1. The monoisotopic (exact) mass is 397 g/mol. The highest BCUT2D eigenvalue weighted by Gasteiger charge is 2.33. The molecule has 1 saturated heterocycles. The van der Waals surface area contributed by atoms with Gasteiger partial charge in [0.15, 0.2) is 11.7 Å². The molecule has 0 bridgehead atoms. The summed E-state index contributed by atoms with van der Waals surface area (Å²) in [6.07, 6.45) is 3.10. The summed E-state index contributed by atoms with van der Waals surface area (Å²) in [5, 5.41) is 4.96. The second-order valence-electron chi connectivity index (χ2n) is 5.70. The van der Waals surface area contributed by atoms with Crippen molar-refractivity contribution in [1.29, 1.82) is 0 Å². The van der Waals surface area contributed by atoms with E-state index in [1.54, 1.807) is 12.3 Å². The Morgan fingerprint density at radius 1 is 1.37 bits per heavy atom. The summed E-state index contributed by atoms with van der Waals surface area (Å²) in [4.78, 5) is 30.4. The standard InChI is InChI=1S/C17H17F2N3O4S/c18-16(19)26-13-6-2-1-4-11(13)21-14(23)10-25-15(24)12-5-3-8-22(12)17-20-7-9-27-17/h1-2,4,6-7,9,12,16H,3,5,8,10H2,(H,21,23)/t12-/m0/s1. The maximum atomic E-state index is 12.4. The minimum Gasteiger partial charge on any atom is -0.454 e. The number of nitrogens with one attached hydrogen (secondary N) is 1. The van der Waals surface area contributed by atoms with Gasteiger partial charge in [0.05, 0.1) is 5.69 Å². The molecule has 2 heterocycles. The first-order valence-electron chi connectivity index (χ1n) is 8.21. The molecular weight excluding hydrogens is 380 g/mol. The van der Waals surface area contributed by atoms with E-state index < -0.39 is 31.1 Å².